The first-order valence-electron chi connectivity index (χ1n) is 5.95. The number of benzene rings is 1. The number of likely N-dealkylation sites (N-methyl/N-ethyl adjacent to an activating group) is 1. The molecule has 18 heavy (non-hydrogen) atoms. The highest BCUT2D eigenvalue weighted by Gasteiger charge is 1.96. The van der Waals surface area contributed by atoms with Gasteiger partial charge in [-0.05, 0) is 18.7 Å². The minimum absolute atomic E-state index is 0.279. The fourth-order valence-electron chi connectivity index (χ4n) is 1.25. The van der Waals surface area contributed by atoms with Crippen LogP contribution in [-0.2, 0) is 14.3 Å². The highest BCUT2D eigenvalue weighted by molar-refractivity contribution is 5.86. The van der Waals surface area contributed by atoms with Crippen molar-refractivity contribution in [2.45, 2.75) is 0 Å². The Morgan fingerprint density at radius 1 is 1.22 bits per heavy atom. The molecule has 98 valence electrons. The smallest absolute Gasteiger partial charge is 0.330 e. The van der Waals surface area contributed by atoms with Crippen molar-refractivity contribution in [3.8, 4) is 0 Å². The normalized spacial score (nSPS) is 10.7. The molecular formula is C14H19NO3. The highest BCUT2D eigenvalue weighted by Crippen LogP contribution is 2.00. The summed E-state index contributed by atoms with van der Waals surface area (Å²) in [4.78, 5) is 11.3. The van der Waals surface area contributed by atoms with E-state index < -0.39 is 0 Å². The molecule has 1 rings (SSSR count). The van der Waals surface area contributed by atoms with E-state index in [2.05, 4.69) is 5.32 Å². The van der Waals surface area contributed by atoms with E-state index >= 15 is 0 Å². The zero-order valence-corrected chi connectivity index (χ0v) is 10.6. The Balaban J connectivity index is 2.12. The number of ether oxygens (including phenoxy) is 2. The molecule has 0 aromatic heterocycles. The standard InChI is InChI=1S/C14H19NO3/c1-15-9-10-17-11-12-18-14(16)8-7-13-5-3-2-4-6-13/h2-8,15H,9-12H2,1H3/b8-7+. The summed E-state index contributed by atoms with van der Waals surface area (Å²) in [6.07, 6.45) is 3.15. The van der Waals surface area contributed by atoms with Crippen LogP contribution in [0, 0.1) is 0 Å². The molecule has 0 saturated carbocycles. The molecule has 0 heterocycles. The number of hydrogen-bond donors (Lipinski definition) is 1. The van der Waals surface area contributed by atoms with Gasteiger partial charge in [0.2, 0.25) is 0 Å². The van der Waals surface area contributed by atoms with Crippen molar-refractivity contribution in [3.63, 3.8) is 0 Å². The van der Waals surface area contributed by atoms with E-state index in [1.807, 2.05) is 37.4 Å². The van der Waals surface area contributed by atoms with Crippen LogP contribution in [0.5, 0.6) is 0 Å². The molecule has 0 radical (unpaired) electrons. The number of esters is 1. The summed E-state index contributed by atoms with van der Waals surface area (Å²) in [6.45, 7) is 2.12. The molecule has 0 saturated heterocycles. The molecule has 0 amide bonds. The monoisotopic (exact) mass is 249 g/mol. The molecular weight excluding hydrogens is 230 g/mol. The van der Waals surface area contributed by atoms with E-state index in [9.17, 15) is 4.79 Å². The van der Waals surface area contributed by atoms with Crippen LogP contribution in [0.15, 0.2) is 36.4 Å². The second kappa shape index (κ2) is 9.39. The molecule has 4 nitrogen and oxygen atoms in total. The van der Waals surface area contributed by atoms with E-state index in [0.717, 1.165) is 12.1 Å². The minimum atomic E-state index is -0.351. The number of rotatable bonds is 8. The van der Waals surface area contributed by atoms with E-state index in [1.165, 1.54) is 6.08 Å². The van der Waals surface area contributed by atoms with Crippen LogP contribution in [0.25, 0.3) is 6.08 Å². The highest BCUT2D eigenvalue weighted by atomic mass is 16.6. The van der Waals surface area contributed by atoms with Crippen LogP contribution in [0.1, 0.15) is 5.56 Å². The SMILES string of the molecule is CNCCOCCOC(=O)/C=C/c1ccccc1. The Labute approximate surface area is 108 Å². The first-order valence-corrected chi connectivity index (χ1v) is 5.95. The quantitative estimate of drug-likeness (QED) is 0.431. The van der Waals surface area contributed by atoms with Gasteiger partial charge in [0.25, 0.3) is 0 Å². The van der Waals surface area contributed by atoms with E-state index in [4.69, 9.17) is 9.47 Å². The molecule has 1 aromatic carbocycles. The molecule has 0 fully saturated rings. The fourth-order valence-corrected chi connectivity index (χ4v) is 1.25. The molecule has 1 aromatic rings. The third kappa shape index (κ3) is 6.83. The molecule has 1 N–H and O–H groups in total. The lowest BCUT2D eigenvalue weighted by molar-refractivity contribution is -0.139. The molecule has 0 unspecified atom stereocenters. The molecule has 4 heteroatoms. The maximum absolute atomic E-state index is 11.3. The van der Waals surface area contributed by atoms with Crippen molar-refractivity contribution in [2.75, 3.05) is 33.4 Å². The maximum atomic E-state index is 11.3. The van der Waals surface area contributed by atoms with Gasteiger partial charge in [-0.15, -0.1) is 0 Å². The van der Waals surface area contributed by atoms with Gasteiger partial charge >= 0.3 is 5.97 Å². The van der Waals surface area contributed by atoms with Gasteiger partial charge in [-0.25, -0.2) is 4.79 Å². The lowest BCUT2D eigenvalue weighted by atomic mass is 10.2. The average molecular weight is 249 g/mol. The summed E-state index contributed by atoms with van der Waals surface area (Å²) in [5.74, 6) is -0.351. The summed E-state index contributed by atoms with van der Waals surface area (Å²) in [6, 6.07) is 9.61. The van der Waals surface area contributed by atoms with Crippen molar-refractivity contribution in [1.82, 2.24) is 5.32 Å². The van der Waals surface area contributed by atoms with Crippen molar-refractivity contribution >= 4 is 12.0 Å². The third-order valence-electron chi connectivity index (χ3n) is 2.18. The Bertz CT molecular complexity index is 363. The molecule has 0 aliphatic heterocycles. The number of hydrogen-bond acceptors (Lipinski definition) is 4. The van der Waals surface area contributed by atoms with Gasteiger partial charge in [-0.1, -0.05) is 30.3 Å². The second-order valence-corrected chi connectivity index (χ2v) is 3.63. The van der Waals surface area contributed by atoms with Gasteiger partial charge in [0, 0.05) is 12.6 Å². The first kappa shape index (κ1) is 14.4. The summed E-state index contributed by atoms with van der Waals surface area (Å²) >= 11 is 0. The van der Waals surface area contributed by atoms with E-state index in [0.29, 0.717) is 13.2 Å². The molecule has 0 aliphatic carbocycles. The minimum Gasteiger partial charge on any atom is -0.460 e. The zero-order valence-electron chi connectivity index (χ0n) is 10.6. The second-order valence-electron chi connectivity index (χ2n) is 3.63. The molecule has 0 aliphatic rings. The molecule has 0 spiro atoms. The van der Waals surface area contributed by atoms with Gasteiger partial charge in [0.15, 0.2) is 0 Å². The van der Waals surface area contributed by atoms with Crippen LogP contribution in [-0.4, -0.2) is 39.4 Å². The summed E-state index contributed by atoms with van der Waals surface area (Å²) < 4.78 is 10.2. The van der Waals surface area contributed by atoms with Crippen LogP contribution in [0.3, 0.4) is 0 Å². The Kier molecular flexibility index (Phi) is 7.52. The van der Waals surface area contributed by atoms with Crippen LogP contribution in [0.4, 0.5) is 0 Å². The van der Waals surface area contributed by atoms with Crippen molar-refractivity contribution in [3.05, 3.63) is 42.0 Å². The predicted molar refractivity (Wildman–Crippen MR) is 71.2 cm³/mol. The number of nitrogens with one attached hydrogen (secondary N) is 1. The van der Waals surface area contributed by atoms with Crippen molar-refractivity contribution in [1.29, 1.82) is 0 Å². The lowest BCUT2D eigenvalue weighted by Gasteiger charge is -2.03. The average Bonchev–Trinajstić information content (AvgIpc) is 2.41. The summed E-state index contributed by atoms with van der Waals surface area (Å²) in [5, 5.41) is 2.96. The molecule has 0 atom stereocenters. The van der Waals surface area contributed by atoms with Crippen LogP contribution < -0.4 is 5.32 Å². The third-order valence-corrected chi connectivity index (χ3v) is 2.18. The Morgan fingerprint density at radius 2 is 2.00 bits per heavy atom. The van der Waals surface area contributed by atoms with Crippen LogP contribution in [0.2, 0.25) is 0 Å². The number of carbonyl (C=O) groups excluding carboxylic acids is 1. The molecule has 0 bridgehead atoms. The largest absolute Gasteiger partial charge is 0.460 e. The fraction of sp³-hybridized carbons (Fsp3) is 0.357. The van der Waals surface area contributed by atoms with Crippen molar-refractivity contribution < 1.29 is 14.3 Å². The first-order chi connectivity index (χ1) is 8.83. The van der Waals surface area contributed by atoms with Gasteiger partial charge < -0.3 is 14.8 Å². The van der Waals surface area contributed by atoms with Gasteiger partial charge in [0.05, 0.1) is 13.2 Å². The van der Waals surface area contributed by atoms with Gasteiger partial charge in [-0.3, -0.25) is 0 Å². The topological polar surface area (TPSA) is 47.6 Å². The lowest BCUT2D eigenvalue weighted by Crippen LogP contribution is -2.16. The van der Waals surface area contributed by atoms with E-state index in [-0.39, 0.29) is 12.6 Å². The Morgan fingerprint density at radius 3 is 2.72 bits per heavy atom. The van der Waals surface area contributed by atoms with E-state index in [1.54, 1.807) is 6.08 Å². The summed E-state index contributed by atoms with van der Waals surface area (Å²) in [5.41, 5.74) is 0.972. The summed E-state index contributed by atoms with van der Waals surface area (Å²) in [7, 11) is 1.86. The van der Waals surface area contributed by atoms with Crippen LogP contribution >= 0.6 is 0 Å². The maximum Gasteiger partial charge on any atom is 0.330 e. The van der Waals surface area contributed by atoms with Gasteiger partial charge in [-0.2, -0.15) is 0 Å². The number of carbonyl (C=O) groups is 1. The Hall–Kier alpha value is -1.65. The zero-order chi connectivity index (χ0) is 13.1. The predicted octanol–water partition coefficient (Wildman–Crippen LogP) is 1.48. The van der Waals surface area contributed by atoms with Crippen molar-refractivity contribution in [2.24, 2.45) is 0 Å². The van der Waals surface area contributed by atoms with Gasteiger partial charge in [0.1, 0.15) is 6.61 Å².